The van der Waals surface area contributed by atoms with E-state index in [4.69, 9.17) is 9.47 Å². The number of carbonyl (C=O) groups is 1. The summed E-state index contributed by atoms with van der Waals surface area (Å²) in [6.45, 7) is 5.60. The topological polar surface area (TPSA) is 88.2 Å². The summed E-state index contributed by atoms with van der Waals surface area (Å²) in [6.07, 6.45) is 3.11. The lowest BCUT2D eigenvalue weighted by Crippen LogP contribution is -2.59. The van der Waals surface area contributed by atoms with Crippen LogP contribution in [0, 0.1) is 5.82 Å². The minimum Gasteiger partial charge on any atom is -0.447 e. The van der Waals surface area contributed by atoms with E-state index < -0.39 is 28.2 Å². The molecule has 8 nitrogen and oxygen atoms in total. The van der Waals surface area contributed by atoms with E-state index in [-0.39, 0.29) is 24.6 Å². The summed E-state index contributed by atoms with van der Waals surface area (Å²) in [5, 5.41) is 0. The minimum atomic E-state index is -3.44. The zero-order chi connectivity index (χ0) is 23.3. The van der Waals surface area contributed by atoms with Gasteiger partial charge in [0.05, 0.1) is 36.8 Å². The second kappa shape index (κ2) is 10.8. The van der Waals surface area contributed by atoms with Gasteiger partial charge in [0, 0.05) is 25.7 Å². The molecule has 1 aromatic rings. The van der Waals surface area contributed by atoms with Gasteiger partial charge in [-0.05, 0) is 51.7 Å². The summed E-state index contributed by atoms with van der Waals surface area (Å²) < 4.78 is 52.0. The number of benzene rings is 1. The number of nitrogens with zero attached hydrogens (tertiary/aromatic N) is 2. The van der Waals surface area contributed by atoms with Crippen LogP contribution in [0.4, 0.5) is 14.9 Å². The number of rotatable bonds is 7. The molecule has 180 valence electrons. The van der Waals surface area contributed by atoms with E-state index in [9.17, 15) is 17.6 Å². The summed E-state index contributed by atoms with van der Waals surface area (Å²) in [5.74, 6) is -0.233. The van der Waals surface area contributed by atoms with Gasteiger partial charge in [0.25, 0.3) is 0 Å². The molecule has 0 aromatic heterocycles. The molecule has 2 heterocycles. The van der Waals surface area contributed by atoms with Crippen LogP contribution in [-0.4, -0.2) is 76.2 Å². The van der Waals surface area contributed by atoms with Crippen LogP contribution in [0.1, 0.15) is 39.5 Å². The maximum Gasteiger partial charge on any atom is 0.410 e. The molecule has 2 saturated heterocycles. The molecule has 0 spiro atoms. The highest BCUT2D eigenvalue weighted by atomic mass is 32.2. The summed E-state index contributed by atoms with van der Waals surface area (Å²) in [7, 11) is -3.44. The summed E-state index contributed by atoms with van der Waals surface area (Å²) >= 11 is 0. The number of carbonyl (C=O) groups excluding carboxylic acids is 1. The van der Waals surface area contributed by atoms with E-state index in [0.717, 1.165) is 19.1 Å². The Hall–Kier alpha value is -1.91. The Balaban J connectivity index is 1.62. The van der Waals surface area contributed by atoms with Crippen molar-refractivity contribution in [2.24, 2.45) is 0 Å². The van der Waals surface area contributed by atoms with Crippen LogP contribution in [0.3, 0.4) is 0 Å². The van der Waals surface area contributed by atoms with Crippen molar-refractivity contribution in [3.8, 4) is 0 Å². The molecule has 1 amide bonds. The normalized spacial score (nSPS) is 22.9. The van der Waals surface area contributed by atoms with Crippen LogP contribution < -0.4 is 9.62 Å². The zero-order valence-corrected chi connectivity index (χ0v) is 19.8. The molecule has 1 N–H and O–H groups in total. The lowest BCUT2D eigenvalue weighted by atomic mass is 9.97. The number of hydrogen-bond donors (Lipinski definition) is 1. The largest absolute Gasteiger partial charge is 0.447 e. The molecule has 2 unspecified atom stereocenters. The van der Waals surface area contributed by atoms with Crippen molar-refractivity contribution in [2.75, 3.05) is 37.4 Å². The SMILES string of the molecule is CC(C)OC(=O)N1CCCC(NS(C)(=O)=O)C1COC1CCN(c2ccccc2F)CC1. The van der Waals surface area contributed by atoms with Gasteiger partial charge in [-0.3, -0.25) is 0 Å². The van der Waals surface area contributed by atoms with Crippen LogP contribution >= 0.6 is 0 Å². The fourth-order valence-corrected chi connectivity index (χ4v) is 5.20. The third kappa shape index (κ3) is 6.79. The second-order valence-electron chi connectivity index (χ2n) is 8.80. The summed E-state index contributed by atoms with van der Waals surface area (Å²) in [4.78, 5) is 16.2. The highest BCUT2D eigenvalue weighted by Gasteiger charge is 2.38. The maximum atomic E-state index is 14.1. The number of halogens is 1. The van der Waals surface area contributed by atoms with Gasteiger partial charge in [0.2, 0.25) is 10.0 Å². The van der Waals surface area contributed by atoms with Crippen molar-refractivity contribution in [1.29, 1.82) is 0 Å². The van der Waals surface area contributed by atoms with E-state index in [0.29, 0.717) is 38.2 Å². The van der Waals surface area contributed by atoms with E-state index in [1.807, 2.05) is 11.0 Å². The Morgan fingerprint density at radius 3 is 2.50 bits per heavy atom. The summed E-state index contributed by atoms with van der Waals surface area (Å²) in [5.41, 5.74) is 0.596. The van der Waals surface area contributed by atoms with Crippen molar-refractivity contribution in [2.45, 2.75) is 63.8 Å². The lowest BCUT2D eigenvalue weighted by Gasteiger charge is -2.41. The minimum absolute atomic E-state index is 0.0400. The first-order valence-corrected chi connectivity index (χ1v) is 13.1. The van der Waals surface area contributed by atoms with Crippen LogP contribution in [0.15, 0.2) is 24.3 Å². The molecule has 1 aromatic carbocycles. The van der Waals surface area contributed by atoms with Gasteiger partial charge in [0.15, 0.2) is 0 Å². The van der Waals surface area contributed by atoms with Gasteiger partial charge in [-0.25, -0.2) is 22.3 Å². The van der Waals surface area contributed by atoms with Gasteiger partial charge < -0.3 is 19.3 Å². The van der Waals surface area contributed by atoms with Gasteiger partial charge in [-0.1, -0.05) is 12.1 Å². The molecule has 0 bridgehead atoms. The Morgan fingerprint density at radius 1 is 1.19 bits per heavy atom. The van der Waals surface area contributed by atoms with E-state index in [1.165, 1.54) is 6.07 Å². The van der Waals surface area contributed by atoms with Gasteiger partial charge in [-0.15, -0.1) is 0 Å². The van der Waals surface area contributed by atoms with Crippen molar-refractivity contribution < 1.29 is 27.1 Å². The molecule has 2 atom stereocenters. The number of piperidine rings is 2. The number of amides is 1. The lowest BCUT2D eigenvalue weighted by molar-refractivity contribution is -0.0240. The molecule has 0 aliphatic carbocycles. The average molecular weight is 472 g/mol. The first-order chi connectivity index (χ1) is 15.1. The molecule has 0 saturated carbocycles. The fourth-order valence-electron chi connectivity index (χ4n) is 4.38. The first kappa shape index (κ1) is 24.7. The number of para-hydroxylation sites is 1. The Labute approximate surface area is 190 Å². The zero-order valence-electron chi connectivity index (χ0n) is 19.0. The molecule has 0 radical (unpaired) electrons. The Kier molecular flexibility index (Phi) is 8.35. The molecule has 10 heteroatoms. The molecule has 3 rings (SSSR count). The van der Waals surface area contributed by atoms with Crippen molar-refractivity contribution >= 4 is 21.8 Å². The third-order valence-corrected chi connectivity index (χ3v) is 6.58. The van der Waals surface area contributed by atoms with Crippen molar-refractivity contribution in [3.05, 3.63) is 30.1 Å². The summed E-state index contributed by atoms with van der Waals surface area (Å²) in [6, 6.07) is 5.85. The molecule has 2 fully saturated rings. The van der Waals surface area contributed by atoms with Crippen LogP contribution in [0.25, 0.3) is 0 Å². The number of anilines is 1. The van der Waals surface area contributed by atoms with Crippen LogP contribution in [-0.2, 0) is 19.5 Å². The predicted molar refractivity (Wildman–Crippen MR) is 121 cm³/mol. The van der Waals surface area contributed by atoms with E-state index in [1.54, 1.807) is 30.9 Å². The van der Waals surface area contributed by atoms with Crippen molar-refractivity contribution in [1.82, 2.24) is 9.62 Å². The van der Waals surface area contributed by atoms with E-state index >= 15 is 0 Å². The number of sulfonamides is 1. The smallest absolute Gasteiger partial charge is 0.410 e. The van der Waals surface area contributed by atoms with Crippen LogP contribution in [0.5, 0.6) is 0 Å². The molecular formula is C22H34FN3O5S. The number of hydrogen-bond acceptors (Lipinski definition) is 6. The molecule has 32 heavy (non-hydrogen) atoms. The fraction of sp³-hybridized carbons (Fsp3) is 0.682. The maximum absolute atomic E-state index is 14.1. The highest BCUT2D eigenvalue weighted by Crippen LogP contribution is 2.26. The van der Waals surface area contributed by atoms with Crippen LogP contribution in [0.2, 0.25) is 0 Å². The van der Waals surface area contributed by atoms with Gasteiger partial charge in [0.1, 0.15) is 5.82 Å². The monoisotopic (exact) mass is 471 g/mol. The third-order valence-electron chi connectivity index (χ3n) is 5.85. The number of ether oxygens (including phenoxy) is 2. The van der Waals surface area contributed by atoms with Crippen molar-refractivity contribution in [3.63, 3.8) is 0 Å². The van der Waals surface area contributed by atoms with Gasteiger partial charge >= 0.3 is 6.09 Å². The quantitative estimate of drug-likeness (QED) is 0.658. The Bertz CT molecular complexity index is 874. The van der Waals surface area contributed by atoms with Gasteiger partial charge in [-0.2, -0.15) is 0 Å². The first-order valence-electron chi connectivity index (χ1n) is 11.2. The highest BCUT2D eigenvalue weighted by molar-refractivity contribution is 7.88. The average Bonchev–Trinajstić information content (AvgIpc) is 2.72. The number of likely N-dealkylation sites (tertiary alicyclic amines) is 1. The predicted octanol–water partition coefficient (Wildman–Crippen LogP) is 2.74. The number of nitrogens with one attached hydrogen (secondary N) is 1. The molecule has 2 aliphatic rings. The second-order valence-corrected chi connectivity index (χ2v) is 10.6. The standard InChI is InChI=1S/C22H34FN3O5S/c1-16(2)31-22(27)26-12-6-8-19(24-32(3,28)29)21(26)15-30-17-10-13-25(14-11-17)20-9-5-4-7-18(20)23/h4-5,7,9,16-17,19,21,24H,6,8,10-15H2,1-3H3. The Morgan fingerprint density at radius 2 is 1.88 bits per heavy atom. The molecular weight excluding hydrogens is 437 g/mol. The van der Waals surface area contributed by atoms with E-state index in [2.05, 4.69) is 4.72 Å². The molecule has 2 aliphatic heterocycles.